The highest BCUT2D eigenvalue weighted by molar-refractivity contribution is 5.76. The number of fused-ring (bicyclic) bond motifs is 1. The predicted octanol–water partition coefficient (Wildman–Crippen LogP) is 5.61. The molecule has 0 bridgehead atoms. The lowest BCUT2D eigenvalue weighted by Gasteiger charge is -2.27. The van der Waals surface area contributed by atoms with Gasteiger partial charge in [-0.2, -0.15) is 0 Å². The Kier molecular flexibility index (Phi) is 5.88. The number of hydrogen-bond acceptors (Lipinski definition) is 2. The number of likely N-dealkylation sites (tertiary alicyclic amines) is 1. The summed E-state index contributed by atoms with van der Waals surface area (Å²) in [6.45, 7) is 5.78. The third-order valence-corrected chi connectivity index (χ3v) is 5.94. The van der Waals surface area contributed by atoms with Gasteiger partial charge in [0.25, 0.3) is 0 Å². The summed E-state index contributed by atoms with van der Waals surface area (Å²) in [6.07, 6.45) is 7.64. The molecule has 27 heavy (non-hydrogen) atoms. The Bertz CT molecular complexity index is 844. The maximum atomic E-state index is 5.07. The Hall–Kier alpha value is -2.13. The molecule has 1 saturated heterocycles. The normalized spacial score (nSPS) is 17.1. The molecule has 4 rings (SSSR count). The fourth-order valence-electron chi connectivity index (χ4n) is 4.38. The lowest BCUT2D eigenvalue weighted by Crippen LogP contribution is -2.30. The molecule has 1 fully saturated rings. The summed E-state index contributed by atoms with van der Waals surface area (Å²) in [4.78, 5) is 7.71. The molecule has 1 aliphatic rings. The fourth-order valence-corrected chi connectivity index (χ4v) is 4.38. The van der Waals surface area contributed by atoms with Crippen LogP contribution in [0.15, 0.2) is 54.6 Å². The van der Waals surface area contributed by atoms with E-state index >= 15 is 0 Å². The monoisotopic (exact) mass is 361 g/mol. The average Bonchev–Trinajstić information content (AvgIpc) is 2.88. The fraction of sp³-hybridized carbons (Fsp3) is 0.458. The van der Waals surface area contributed by atoms with Gasteiger partial charge in [0.05, 0.1) is 17.1 Å². The van der Waals surface area contributed by atoms with Crippen LogP contribution in [0.5, 0.6) is 0 Å². The second-order valence-corrected chi connectivity index (χ2v) is 7.83. The van der Waals surface area contributed by atoms with E-state index in [1.54, 1.807) is 0 Å². The molecule has 0 aliphatic carbocycles. The minimum absolute atomic E-state index is 0.382. The minimum Gasteiger partial charge on any atom is -0.327 e. The Morgan fingerprint density at radius 1 is 0.889 bits per heavy atom. The van der Waals surface area contributed by atoms with Gasteiger partial charge in [-0.05, 0) is 63.4 Å². The van der Waals surface area contributed by atoms with Gasteiger partial charge in [-0.15, -0.1) is 0 Å². The molecule has 1 atom stereocenters. The van der Waals surface area contributed by atoms with Crippen LogP contribution in [0.3, 0.4) is 0 Å². The van der Waals surface area contributed by atoms with E-state index in [0.717, 1.165) is 24.9 Å². The molecule has 142 valence electrons. The molecule has 2 aromatic carbocycles. The molecule has 0 unspecified atom stereocenters. The molecule has 1 aromatic heterocycles. The van der Waals surface area contributed by atoms with Gasteiger partial charge in [-0.1, -0.05) is 55.3 Å². The number of aromatic nitrogens is 2. The first kappa shape index (κ1) is 18.2. The molecule has 0 saturated carbocycles. The van der Waals surface area contributed by atoms with Crippen LogP contribution in [-0.4, -0.2) is 27.5 Å². The zero-order valence-electron chi connectivity index (χ0n) is 16.5. The van der Waals surface area contributed by atoms with Gasteiger partial charge in [0.2, 0.25) is 0 Å². The van der Waals surface area contributed by atoms with Crippen LogP contribution in [0.25, 0.3) is 11.0 Å². The van der Waals surface area contributed by atoms with Crippen molar-refractivity contribution in [2.45, 2.75) is 58.0 Å². The Morgan fingerprint density at radius 2 is 1.59 bits per heavy atom. The van der Waals surface area contributed by atoms with Crippen molar-refractivity contribution in [3.63, 3.8) is 0 Å². The molecule has 3 heteroatoms. The van der Waals surface area contributed by atoms with E-state index in [1.165, 1.54) is 55.7 Å². The second kappa shape index (κ2) is 8.71. The van der Waals surface area contributed by atoms with Crippen LogP contribution >= 0.6 is 0 Å². The van der Waals surface area contributed by atoms with Crippen LogP contribution in [0.1, 0.15) is 56.5 Å². The topological polar surface area (TPSA) is 21.1 Å². The van der Waals surface area contributed by atoms with E-state index in [0.29, 0.717) is 6.04 Å². The molecule has 0 spiro atoms. The number of nitrogens with zero attached hydrogens (tertiary/aromatic N) is 3. The maximum Gasteiger partial charge on any atom is 0.127 e. The Labute approximate surface area is 163 Å². The van der Waals surface area contributed by atoms with Crippen LogP contribution in [0.2, 0.25) is 0 Å². The van der Waals surface area contributed by atoms with Crippen molar-refractivity contribution in [1.29, 1.82) is 0 Å². The highest BCUT2D eigenvalue weighted by Gasteiger charge is 2.23. The van der Waals surface area contributed by atoms with E-state index < -0.39 is 0 Å². The van der Waals surface area contributed by atoms with E-state index in [4.69, 9.17) is 4.98 Å². The van der Waals surface area contributed by atoms with Crippen molar-refractivity contribution in [2.24, 2.45) is 0 Å². The van der Waals surface area contributed by atoms with Gasteiger partial charge in [-0.3, -0.25) is 4.90 Å². The largest absolute Gasteiger partial charge is 0.327 e. The summed E-state index contributed by atoms with van der Waals surface area (Å²) in [5.74, 6) is 1.24. The zero-order valence-corrected chi connectivity index (χ0v) is 16.5. The van der Waals surface area contributed by atoms with Crippen molar-refractivity contribution in [1.82, 2.24) is 14.5 Å². The van der Waals surface area contributed by atoms with Gasteiger partial charge in [0.1, 0.15) is 5.82 Å². The average molecular weight is 362 g/mol. The van der Waals surface area contributed by atoms with Crippen molar-refractivity contribution >= 4 is 11.0 Å². The quantitative estimate of drug-likeness (QED) is 0.569. The van der Waals surface area contributed by atoms with Gasteiger partial charge in [0, 0.05) is 6.54 Å². The lowest BCUT2D eigenvalue weighted by molar-refractivity contribution is 0.207. The van der Waals surface area contributed by atoms with Crippen molar-refractivity contribution in [3.8, 4) is 0 Å². The third kappa shape index (κ3) is 4.24. The first-order chi connectivity index (χ1) is 13.3. The second-order valence-electron chi connectivity index (χ2n) is 7.83. The lowest BCUT2D eigenvalue weighted by atomic mass is 10.1. The van der Waals surface area contributed by atoms with Gasteiger partial charge in [-0.25, -0.2) is 4.98 Å². The molecule has 0 radical (unpaired) electrons. The number of para-hydroxylation sites is 2. The Balaban J connectivity index is 1.56. The van der Waals surface area contributed by atoms with Gasteiger partial charge in [0.15, 0.2) is 0 Å². The molecular formula is C24H31N3. The SMILES string of the molecule is C[C@H](c1nc2ccccc2n1CCCc1ccccc1)N1CCCCCC1. The standard InChI is InChI=1S/C24H31N3/c1-20(26-17-9-2-3-10-18-26)24-25-22-15-7-8-16-23(22)27(24)19-11-14-21-12-5-4-6-13-21/h4-8,12-13,15-16,20H,2-3,9-11,14,17-19H2,1H3/t20-/m1/s1. The van der Waals surface area contributed by atoms with Crippen molar-refractivity contribution < 1.29 is 0 Å². The van der Waals surface area contributed by atoms with Gasteiger partial charge < -0.3 is 4.57 Å². The summed E-state index contributed by atoms with van der Waals surface area (Å²) in [7, 11) is 0. The molecule has 1 aliphatic heterocycles. The van der Waals surface area contributed by atoms with Crippen LogP contribution < -0.4 is 0 Å². The van der Waals surface area contributed by atoms with Crippen LogP contribution in [0, 0.1) is 0 Å². The molecular weight excluding hydrogens is 330 g/mol. The van der Waals surface area contributed by atoms with Crippen molar-refractivity contribution in [2.75, 3.05) is 13.1 Å². The first-order valence-corrected chi connectivity index (χ1v) is 10.6. The van der Waals surface area contributed by atoms with Gasteiger partial charge >= 0.3 is 0 Å². The smallest absolute Gasteiger partial charge is 0.127 e. The van der Waals surface area contributed by atoms with Crippen molar-refractivity contribution in [3.05, 3.63) is 66.0 Å². The summed E-state index contributed by atoms with van der Waals surface area (Å²) in [5.41, 5.74) is 3.83. The first-order valence-electron chi connectivity index (χ1n) is 10.6. The number of benzene rings is 2. The molecule has 3 nitrogen and oxygen atoms in total. The number of rotatable bonds is 6. The summed E-state index contributed by atoms with van der Waals surface area (Å²) in [6, 6.07) is 19.8. The Morgan fingerprint density at radius 3 is 2.37 bits per heavy atom. The summed E-state index contributed by atoms with van der Waals surface area (Å²) < 4.78 is 2.48. The minimum atomic E-state index is 0.382. The number of hydrogen-bond donors (Lipinski definition) is 0. The molecule has 3 aromatic rings. The predicted molar refractivity (Wildman–Crippen MR) is 113 cm³/mol. The van der Waals surface area contributed by atoms with Crippen LogP contribution in [0.4, 0.5) is 0 Å². The molecule has 0 amide bonds. The highest BCUT2D eigenvalue weighted by atomic mass is 15.2. The summed E-state index contributed by atoms with van der Waals surface area (Å²) in [5, 5.41) is 0. The maximum absolute atomic E-state index is 5.07. The highest BCUT2D eigenvalue weighted by Crippen LogP contribution is 2.27. The number of imidazole rings is 1. The number of aryl methyl sites for hydroxylation is 2. The molecule has 2 heterocycles. The van der Waals surface area contributed by atoms with E-state index in [-0.39, 0.29) is 0 Å². The van der Waals surface area contributed by atoms with E-state index in [1.807, 2.05) is 0 Å². The van der Waals surface area contributed by atoms with E-state index in [9.17, 15) is 0 Å². The zero-order chi connectivity index (χ0) is 18.5. The molecule has 0 N–H and O–H groups in total. The third-order valence-electron chi connectivity index (χ3n) is 5.94. The van der Waals surface area contributed by atoms with E-state index in [2.05, 4.69) is 71.0 Å². The summed E-state index contributed by atoms with van der Waals surface area (Å²) >= 11 is 0. The van der Waals surface area contributed by atoms with Crippen LogP contribution in [-0.2, 0) is 13.0 Å².